The summed E-state index contributed by atoms with van der Waals surface area (Å²) in [6.45, 7) is 0. The van der Waals surface area contributed by atoms with Crippen molar-refractivity contribution >= 4 is 34.8 Å². The van der Waals surface area contributed by atoms with Crippen molar-refractivity contribution in [1.82, 2.24) is 4.57 Å². The number of aromatic nitrogens is 1. The van der Waals surface area contributed by atoms with E-state index in [2.05, 4.69) is 0 Å². The summed E-state index contributed by atoms with van der Waals surface area (Å²) in [6.07, 6.45) is 0. The molecule has 0 aliphatic carbocycles. The first-order chi connectivity index (χ1) is 8.02. The second-order valence-electron chi connectivity index (χ2n) is 3.54. The van der Waals surface area contributed by atoms with Crippen LogP contribution in [0.5, 0.6) is 0 Å². The van der Waals surface area contributed by atoms with E-state index < -0.39 is 0 Å². The summed E-state index contributed by atoms with van der Waals surface area (Å²) in [5.74, 6) is 0. The fraction of sp³-hybridized carbons (Fsp3) is 0.0833. The van der Waals surface area contributed by atoms with Gasteiger partial charge in [-0.25, -0.2) is 0 Å². The van der Waals surface area contributed by atoms with E-state index >= 15 is 0 Å². The molecule has 0 saturated heterocycles. The number of hydrogen-bond donors (Lipinski definition) is 0. The SMILES string of the molecule is Cn1c(Cl)ccc(-c2cccc(Cl)c2Cl)c1=O. The summed E-state index contributed by atoms with van der Waals surface area (Å²) in [4.78, 5) is 12.0. The summed E-state index contributed by atoms with van der Waals surface area (Å²) < 4.78 is 1.36. The van der Waals surface area contributed by atoms with Gasteiger partial charge in [0.15, 0.2) is 0 Å². The fourth-order valence-electron chi connectivity index (χ4n) is 1.53. The van der Waals surface area contributed by atoms with Gasteiger partial charge in [-0.05, 0) is 18.2 Å². The summed E-state index contributed by atoms with van der Waals surface area (Å²) in [6, 6.07) is 8.46. The summed E-state index contributed by atoms with van der Waals surface area (Å²) >= 11 is 17.8. The van der Waals surface area contributed by atoms with Gasteiger partial charge in [-0.2, -0.15) is 0 Å². The van der Waals surface area contributed by atoms with Crippen LogP contribution in [0.3, 0.4) is 0 Å². The first kappa shape index (κ1) is 12.5. The maximum Gasteiger partial charge on any atom is 0.259 e. The van der Waals surface area contributed by atoms with Crippen molar-refractivity contribution in [3.05, 3.63) is 55.9 Å². The Hall–Kier alpha value is -0.960. The van der Waals surface area contributed by atoms with E-state index in [4.69, 9.17) is 34.8 Å². The smallest absolute Gasteiger partial charge is 0.259 e. The van der Waals surface area contributed by atoms with Gasteiger partial charge in [-0.15, -0.1) is 0 Å². The minimum absolute atomic E-state index is 0.207. The minimum atomic E-state index is -0.207. The van der Waals surface area contributed by atoms with Gasteiger partial charge in [0.2, 0.25) is 0 Å². The summed E-state index contributed by atoms with van der Waals surface area (Å²) in [5.41, 5.74) is 0.877. The standard InChI is InChI=1S/C12H8Cl3NO/c1-16-10(14)6-5-8(12(16)17)7-3-2-4-9(13)11(7)15/h2-6H,1H3. The fourth-order valence-corrected chi connectivity index (χ4v) is 2.07. The van der Waals surface area contributed by atoms with Crippen LogP contribution in [0, 0.1) is 0 Å². The largest absolute Gasteiger partial charge is 0.302 e. The van der Waals surface area contributed by atoms with Crippen LogP contribution in [-0.2, 0) is 7.05 Å². The average Bonchev–Trinajstić information content (AvgIpc) is 2.31. The highest BCUT2D eigenvalue weighted by Crippen LogP contribution is 2.31. The van der Waals surface area contributed by atoms with E-state index in [1.165, 1.54) is 4.57 Å². The molecule has 17 heavy (non-hydrogen) atoms. The van der Waals surface area contributed by atoms with E-state index in [1.54, 1.807) is 37.4 Å². The van der Waals surface area contributed by atoms with Gasteiger partial charge in [0.25, 0.3) is 5.56 Å². The van der Waals surface area contributed by atoms with Crippen LogP contribution in [0.25, 0.3) is 11.1 Å². The van der Waals surface area contributed by atoms with Crippen molar-refractivity contribution in [2.45, 2.75) is 0 Å². The maximum absolute atomic E-state index is 12.0. The zero-order valence-corrected chi connectivity index (χ0v) is 11.1. The molecule has 0 saturated carbocycles. The molecular weight excluding hydrogens is 280 g/mol. The molecule has 0 aliphatic heterocycles. The molecule has 0 atom stereocenters. The lowest BCUT2D eigenvalue weighted by molar-refractivity contribution is 0.864. The zero-order chi connectivity index (χ0) is 12.6. The van der Waals surface area contributed by atoms with Gasteiger partial charge in [0.05, 0.1) is 10.0 Å². The molecule has 88 valence electrons. The molecule has 2 aromatic rings. The molecule has 1 aromatic heterocycles. The van der Waals surface area contributed by atoms with Gasteiger partial charge in [0.1, 0.15) is 5.15 Å². The molecule has 1 heterocycles. The van der Waals surface area contributed by atoms with Crippen LogP contribution in [0.4, 0.5) is 0 Å². The topological polar surface area (TPSA) is 22.0 Å². The molecule has 0 fully saturated rings. The Morgan fingerprint density at radius 3 is 2.41 bits per heavy atom. The molecule has 0 amide bonds. The molecule has 5 heteroatoms. The Labute approximate surface area is 113 Å². The van der Waals surface area contributed by atoms with E-state index in [1.807, 2.05) is 0 Å². The van der Waals surface area contributed by atoms with Crippen molar-refractivity contribution < 1.29 is 0 Å². The quantitative estimate of drug-likeness (QED) is 0.727. The predicted octanol–water partition coefficient (Wildman–Crippen LogP) is 4.01. The predicted molar refractivity (Wildman–Crippen MR) is 72.1 cm³/mol. The molecule has 0 N–H and O–H groups in total. The van der Waals surface area contributed by atoms with Crippen molar-refractivity contribution in [2.24, 2.45) is 7.05 Å². The third-order valence-electron chi connectivity index (χ3n) is 2.48. The van der Waals surface area contributed by atoms with E-state index in [0.29, 0.717) is 26.3 Å². The van der Waals surface area contributed by atoms with Crippen molar-refractivity contribution in [1.29, 1.82) is 0 Å². The van der Waals surface area contributed by atoms with Crippen molar-refractivity contribution in [3.63, 3.8) is 0 Å². The molecular formula is C12H8Cl3NO. The van der Waals surface area contributed by atoms with Crippen LogP contribution in [0.1, 0.15) is 0 Å². The molecule has 0 aliphatic rings. The number of halogens is 3. The maximum atomic E-state index is 12.0. The number of nitrogens with zero attached hydrogens (tertiary/aromatic N) is 1. The Kier molecular flexibility index (Phi) is 3.48. The Morgan fingerprint density at radius 2 is 1.71 bits per heavy atom. The van der Waals surface area contributed by atoms with Crippen LogP contribution in [0.2, 0.25) is 15.2 Å². The molecule has 0 radical (unpaired) electrons. The highest BCUT2D eigenvalue weighted by Gasteiger charge is 2.11. The second-order valence-corrected chi connectivity index (χ2v) is 4.71. The lowest BCUT2D eigenvalue weighted by Gasteiger charge is -2.08. The Morgan fingerprint density at radius 1 is 1.00 bits per heavy atom. The van der Waals surface area contributed by atoms with Gasteiger partial charge < -0.3 is 4.57 Å². The Balaban J connectivity index is 2.74. The lowest BCUT2D eigenvalue weighted by Crippen LogP contribution is -2.18. The van der Waals surface area contributed by atoms with E-state index in [0.717, 1.165) is 0 Å². The van der Waals surface area contributed by atoms with Crippen molar-refractivity contribution in [2.75, 3.05) is 0 Å². The zero-order valence-electron chi connectivity index (χ0n) is 8.88. The molecule has 0 unspecified atom stereocenters. The molecule has 0 spiro atoms. The van der Waals surface area contributed by atoms with Gasteiger partial charge >= 0.3 is 0 Å². The van der Waals surface area contributed by atoms with Crippen LogP contribution >= 0.6 is 34.8 Å². The summed E-state index contributed by atoms with van der Waals surface area (Å²) in [5, 5.41) is 1.16. The molecule has 2 rings (SSSR count). The highest BCUT2D eigenvalue weighted by molar-refractivity contribution is 6.43. The minimum Gasteiger partial charge on any atom is -0.302 e. The third-order valence-corrected chi connectivity index (χ3v) is 3.68. The first-order valence-electron chi connectivity index (χ1n) is 4.82. The monoisotopic (exact) mass is 287 g/mol. The highest BCUT2D eigenvalue weighted by atomic mass is 35.5. The van der Waals surface area contributed by atoms with Gasteiger partial charge in [0, 0.05) is 18.2 Å². The number of benzene rings is 1. The van der Waals surface area contributed by atoms with Crippen molar-refractivity contribution in [3.8, 4) is 11.1 Å². The second kappa shape index (κ2) is 4.73. The van der Waals surface area contributed by atoms with Crippen LogP contribution in [0.15, 0.2) is 35.1 Å². The number of hydrogen-bond acceptors (Lipinski definition) is 1. The first-order valence-corrected chi connectivity index (χ1v) is 5.95. The van der Waals surface area contributed by atoms with Gasteiger partial charge in [-0.1, -0.05) is 46.9 Å². The molecule has 1 aromatic carbocycles. The van der Waals surface area contributed by atoms with E-state index in [9.17, 15) is 4.79 Å². The molecule has 2 nitrogen and oxygen atoms in total. The number of pyridine rings is 1. The number of rotatable bonds is 1. The lowest BCUT2D eigenvalue weighted by atomic mass is 10.1. The Bertz CT molecular complexity index is 634. The van der Waals surface area contributed by atoms with E-state index in [-0.39, 0.29) is 5.56 Å². The average molecular weight is 289 g/mol. The van der Waals surface area contributed by atoms with Crippen LogP contribution < -0.4 is 5.56 Å². The van der Waals surface area contributed by atoms with Gasteiger partial charge in [-0.3, -0.25) is 4.79 Å². The van der Waals surface area contributed by atoms with Crippen LogP contribution in [-0.4, -0.2) is 4.57 Å². The summed E-state index contributed by atoms with van der Waals surface area (Å²) in [7, 11) is 1.60. The molecule has 0 bridgehead atoms. The third kappa shape index (κ3) is 2.21. The normalized spacial score (nSPS) is 10.6.